The van der Waals surface area contributed by atoms with E-state index in [1.807, 2.05) is 6.92 Å². The van der Waals surface area contributed by atoms with Crippen LogP contribution in [0.5, 0.6) is 0 Å². The van der Waals surface area contributed by atoms with Crippen LogP contribution in [0.25, 0.3) is 0 Å². The number of aryl methyl sites for hydroxylation is 1. The molecule has 1 aromatic carbocycles. The highest BCUT2D eigenvalue weighted by Crippen LogP contribution is 2.34. The number of aromatic nitrogens is 2. The fourth-order valence-electron chi connectivity index (χ4n) is 2.06. The summed E-state index contributed by atoms with van der Waals surface area (Å²) in [4.78, 5) is 0. The van der Waals surface area contributed by atoms with E-state index in [0.29, 0.717) is 16.7 Å². The maximum absolute atomic E-state index is 13.3. The molecule has 1 N–H and O–H groups in total. The molecule has 1 aromatic heterocycles. The Hall–Kier alpha value is -1.27. The fraction of sp³-hybridized carbons (Fsp3) is 0.308. The van der Waals surface area contributed by atoms with E-state index in [-0.39, 0.29) is 5.56 Å². The van der Waals surface area contributed by atoms with E-state index in [2.05, 4.69) is 21.0 Å². The third kappa shape index (κ3) is 2.55. The predicted octanol–water partition coefficient (Wildman–Crippen LogP) is 3.20. The lowest BCUT2D eigenvalue weighted by molar-refractivity contribution is 0.0902. The molecule has 0 fully saturated rings. The zero-order valence-electron chi connectivity index (χ0n) is 10.5. The number of hydrogen-bond donors (Lipinski definition) is 1. The van der Waals surface area contributed by atoms with Crippen molar-refractivity contribution in [3.63, 3.8) is 0 Å². The Kier molecular flexibility index (Phi) is 3.73. The molecule has 0 aliphatic rings. The van der Waals surface area contributed by atoms with Crippen molar-refractivity contribution in [2.75, 3.05) is 0 Å². The molecule has 1 heterocycles. The summed E-state index contributed by atoms with van der Waals surface area (Å²) in [5.41, 5.74) is -0.949. The van der Waals surface area contributed by atoms with Crippen molar-refractivity contribution >= 4 is 15.9 Å². The van der Waals surface area contributed by atoms with Crippen LogP contribution >= 0.6 is 15.9 Å². The van der Waals surface area contributed by atoms with Gasteiger partial charge in [-0.05, 0) is 47.5 Å². The predicted molar refractivity (Wildman–Crippen MR) is 70.6 cm³/mol. The molecule has 0 radical (unpaired) electrons. The van der Waals surface area contributed by atoms with Crippen molar-refractivity contribution in [3.8, 4) is 0 Å². The molecule has 0 saturated heterocycles. The number of rotatable bonds is 3. The highest BCUT2D eigenvalue weighted by molar-refractivity contribution is 9.10. The van der Waals surface area contributed by atoms with Gasteiger partial charge in [0.1, 0.15) is 17.2 Å². The van der Waals surface area contributed by atoms with E-state index in [1.54, 1.807) is 10.9 Å². The Bertz CT molecular complexity index is 590. The second-order valence-corrected chi connectivity index (χ2v) is 5.24. The summed E-state index contributed by atoms with van der Waals surface area (Å²) >= 11 is 3.30. The Balaban J connectivity index is 2.60. The minimum atomic E-state index is -1.55. The van der Waals surface area contributed by atoms with Crippen LogP contribution < -0.4 is 0 Å². The summed E-state index contributed by atoms with van der Waals surface area (Å²) < 4.78 is 28.8. The van der Waals surface area contributed by atoms with Crippen molar-refractivity contribution in [3.05, 3.63) is 51.8 Å². The number of aliphatic hydroxyl groups is 1. The number of benzene rings is 1. The van der Waals surface area contributed by atoms with E-state index < -0.39 is 17.2 Å². The Morgan fingerprint density at radius 1 is 1.32 bits per heavy atom. The van der Waals surface area contributed by atoms with Crippen molar-refractivity contribution < 1.29 is 13.9 Å². The Morgan fingerprint density at radius 2 is 1.89 bits per heavy atom. The minimum Gasteiger partial charge on any atom is -0.379 e. The van der Waals surface area contributed by atoms with E-state index >= 15 is 0 Å². The molecular formula is C13H13BrF2N2O. The van der Waals surface area contributed by atoms with E-state index in [9.17, 15) is 13.9 Å². The highest BCUT2D eigenvalue weighted by Gasteiger charge is 2.32. The molecule has 2 rings (SSSR count). The summed E-state index contributed by atoms with van der Waals surface area (Å²) in [6.07, 6.45) is 1.54. The van der Waals surface area contributed by atoms with Gasteiger partial charge in [-0.25, -0.2) is 8.78 Å². The Morgan fingerprint density at radius 3 is 2.42 bits per heavy atom. The molecule has 2 aromatic rings. The largest absolute Gasteiger partial charge is 0.379 e. The summed E-state index contributed by atoms with van der Waals surface area (Å²) in [6.45, 7) is 3.88. The molecule has 6 heteroatoms. The quantitative estimate of drug-likeness (QED) is 0.938. The van der Waals surface area contributed by atoms with Crippen LogP contribution in [0.1, 0.15) is 25.1 Å². The molecule has 102 valence electrons. The molecule has 19 heavy (non-hydrogen) atoms. The van der Waals surface area contributed by atoms with Crippen LogP contribution in [0.15, 0.2) is 28.9 Å². The number of nitrogens with zero attached hydrogens (tertiary/aromatic N) is 2. The van der Waals surface area contributed by atoms with Crippen LogP contribution in [0.2, 0.25) is 0 Å². The molecule has 0 saturated carbocycles. The lowest BCUT2D eigenvalue weighted by atomic mass is 9.92. The van der Waals surface area contributed by atoms with Gasteiger partial charge in [0.25, 0.3) is 0 Å². The van der Waals surface area contributed by atoms with E-state index in [1.165, 1.54) is 6.92 Å². The standard InChI is InChI=1S/C13H13BrF2N2O/c1-3-18-12(11(14)7-17-18)13(2,19)8-4-9(15)6-10(16)5-8/h4-7,19H,3H2,1-2H3. The summed E-state index contributed by atoms with van der Waals surface area (Å²) in [5, 5.41) is 14.8. The van der Waals surface area contributed by atoms with Gasteiger partial charge in [0.15, 0.2) is 0 Å². The first-order valence-corrected chi connectivity index (χ1v) is 6.56. The third-order valence-corrected chi connectivity index (χ3v) is 3.56. The van der Waals surface area contributed by atoms with Gasteiger partial charge >= 0.3 is 0 Å². The SMILES string of the molecule is CCn1ncc(Br)c1C(C)(O)c1cc(F)cc(F)c1. The average molecular weight is 331 g/mol. The smallest absolute Gasteiger partial charge is 0.130 e. The lowest BCUT2D eigenvalue weighted by Gasteiger charge is -2.25. The molecule has 0 spiro atoms. The van der Waals surface area contributed by atoms with Crippen LogP contribution in [-0.4, -0.2) is 14.9 Å². The second-order valence-electron chi connectivity index (χ2n) is 4.39. The van der Waals surface area contributed by atoms with Crippen molar-refractivity contribution in [2.45, 2.75) is 26.0 Å². The molecule has 0 aliphatic carbocycles. The zero-order chi connectivity index (χ0) is 14.2. The number of halogens is 3. The molecule has 0 bridgehead atoms. The minimum absolute atomic E-state index is 0.140. The first-order chi connectivity index (χ1) is 8.86. The highest BCUT2D eigenvalue weighted by atomic mass is 79.9. The average Bonchev–Trinajstić information content (AvgIpc) is 2.69. The second kappa shape index (κ2) is 5.02. The topological polar surface area (TPSA) is 38.0 Å². The monoisotopic (exact) mass is 330 g/mol. The van der Waals surface area contributed by atoms with Gasteiger partial charge in [0, 0.05) is 12.6 Å². The zero-order valence-corrected chi connectivity index (χ0v) is 12.1. The normalized spacial score (nSPS) is 14.4. The van der Waals surface area contributed by atoms with Gasteiger partial charge in [-0.2, -0.15) is 5.10 Å². The molecule has 1 atom stereocenters. The first-order valence-electron chi connectivity index (χ1n) is 5.77. The molecule has 0 aliphatic heterocycles. The van der Waals surface area contributed by atoms with Gasteiger partial charge in [-0.15, -0.1) is 0 Å². The van der Waals surface area contributed by atoms with Crippen molar-refractivity contribution in [1.29, 1.82) is 0 Å². The van der Waals surface area contributed by atoms with Gasteiger partial charge < -0.3 is 5.11 Å². The van der Waals surface area contributed by atoms with Gasteiger partial charge in [0.05, 0.1) is 16.4 Å². The van der Waals surface area contributed by atoms with Gasteiger partial charge in [-0.3, -0.25) is 4.68 Å². The van der Waals surface area contributed by atoms with Crippen LogP contribution in [0.3, 0.4) is 0 Å². The molecule has 3 nitrogen and oxygen atoms in total. The van der Waals surface area contributed by atoms with Crippen molar-refractivity contribution in [2.24, 2.45) is 0 Å². The number of hydrogen-bond acceptors (Lipinski definition) is 2. The molecular weight excluding hydrogens is 318 g/mol. The summed E-state index contributed by atoms with van der Waals surface area (Å²) in [5.74, 6) is -1.46. The molecule has 0 amide bonds. The van der Waals surface area contributed by atoms with Gasteiger partial charge in [-0.1, -0.05) is 0 Å². The van der Waals surface area contributed by atoms with Crippen LogP contribution in [-0.2, 0) is 12.1 Å². The maximum Gasteiger partial charge on any atom is 0.130 e. The summed E-state index contributed by atoms with van der Waals surface area (Å²) in [6, 6.07) is 3.00. The van der Waals surface area contributed by atoms with E-state index in [4.69, 9.17) is 0 Å². The fourth-order valence-corrected chi connectivity index (χ4v) is 2.74. The first kappa shape index (κ1) is 14.1. The van der Waals surface area contributed by atoms with E-state index in [0.717, 1.165) is 18.2 Å². The van der Waals surface area contributed by atoms with Crippen molar-refractivity contribution in [1.82, 2.24) is 9.78 Å². The Labute approximate surface area is 118 Å². The third-order valence-electron chi connectivity index (χ3n) is 2.98. The maximum atomic E-state index is 13.3. The van der Waals surface area contributed by atoms with Crippen LogP contribution in [0.4, 0.5) is 8.78 Å². The molecule has 1 unspecified atom stereocenters. The van der Waals surface area contributed by atoms with Crippen LogP contribution in [0, 0.1) is 11.6 Å². The van der Waals surface area contributed by atoms with Gasteiger partial charge in [0.2, 0.25) is 0 Å². The lowest BCUT2D eigenvalue weighted by Crippen LogP contribution is -2.27. The summed E-state index contributed by atoms with van der Waals surface area (Å²) in [7, 11) is 0.